The first-order valence-electron chi connectivity index (χ1n) is 7.41. The molecule has 2 heterocycles. The van der Waals surface area contributed by atoms with E-state index >= 15 is 0 Å². The molecule has 0 aliphatic carbocycles. The molecular formula is C17H20N2O2. The molecule has 3 rings (SSSR count). The highest BCUT2D eigenvalue weighted by molar-refractivity contribution is 5.95. The summed E-state index contributed by atoms with van der Waals surface area (Å²) in [4.78, 5) is 18.9. The van der Waals surface area contributed by atoms with Crippen molar-refractivity contribution in [2.75, 3.05) is 20.2 Å². The number of carbonyl (C=O) groups excluding carboxylic acids is 1. The molecule has 1 aromatic heterocycles. The Bertz CT molecular complexity index is 661. The first-order chi connectivity index (χ1) is 10.2. The predicted molar refractivity (Wildman–Crippen MR) is 82.6 cm³/mol. The highest BCUT2D eigenvalue weighted by Gasteiger charge is 2.22. The third-order valence-electron chi connectivity index (χ3n) is 4.19. The molecule has 0 radical (unpaired) electrons. The van der Waals surface area contributed by atoms with Crippen molar-refractivity contribution in [3.63, 3.8) is 0 Å². The van der Waals surface area contributed by atoms with Crippen LogP contribution in [0, 0.1) is 5.92 Å². The number of hydrogen-bond donors (Lipinski definition) is 0. The molecule has 4 nitrogen and oxygen atoms in total. The third kappa shape index (κ3) is 2.84. The van der Waals surface area contributed by atoms with E-state index in [9.17, 15) is 4.79 Å². The Kier molecular flexibility index (Phi) is 3.78. The zero-order chi connectivity index (χ0) is 14.8. The molecular weight excluding hydrogens is 264 g/mol. The van der Waals surface area contributed by atoms with Gasteiger partial charge in [0.05, 0.1) is 12.6 Å². The van der Waals surface area contributed by atoms with Gasteiger partial charge in [-0.3, -0.25) is 4.79 Å². The van der Waals surface area contributed by atoms with E-state index in [4.69, 9.17) is 4.74 Å². The minimum Gasteiger partial charge on any atom is -0.497 e. The van der Waals surface area contributed by atoms with Crippen LogP contribution >= 0.6 is 0 Å². The number of methoxy groups -OCH3 is 1. The van der Waals surface area contributed by atoms with Crippen molar-refractivity contribution in [3.8, 4) is 5.75 Å². The lowest BCUT2D eigenvalue weighted by molar-refractivity contribution is 0.0691. The van der Waals surface area contributed by atoms with Crippen LogP contribution < -0.4 is 4.74 Å². The van der Waals surface area contributed by atoms with Crippen LogP contribution in [0.4, 0.5) is 0 Å². The number of likely N-dealkylation sites (tertiary alicyclic amines) is 1. The number of ether oxygens (including phenoxy) is 1. The second-order valence-electron chi connectivity index (χ2n) is 5.73. The van der Waals surface area contributed by atoms with Crippen LogP contribution in [0.15, 0.2) is 30.3 Å². The van der Waals surface area contributed by atoms with E-state index in [2.05, 4.69) is 11.9 Å². The maximum absolute atomic E-state index is 12.5. The van der Waals surface area contributed by atoms with E-state index in [-0.39, 0.29) is 5.91 Å². The van der Waals surface area contributed by atoms with E-state index in [0.717, 1.165) is 42.6 Å². The van der Waals surface area contributed by atoms with Gasteiger partial charge in [-0.05, 0) is 43.0 Å². The Morgan fingerprint density at radius 3 is 2.71 bits per heavy atom. The smallest absolute Gasteiger partial charge is 0.272 e. The highest BCUT2D eigenvalue weighted by atomic mass is 16.5. The highest BCUT2D eigenvalue weighted by Crippen LogP contribution is 2.21. The molecule has 1 fully saturated rings. The normalized spacial score (nSPS) is 16.2. The van der Waals surface area contributed by atoms with Crippen LogP contribution in [0.2, 0.25) is 0 Å². The molecule has 0 saturated carbocycles. The number of nitrogens with zero attached hydrogens (tertiary/aromatic N) is 2. The van der Waals surface area contributed by atoms with Gasteiger partial charge in [0.25, 0.3) is 5.91 Å². The number of carbonyl (C=O) groups is 1. The standard InChI is InChI=1S/C17H20N2O2/c1-12-7-9-19(10-8-12)17(20)16-5-3-13-11-14(21-2)4-6-15(13)18-16/h3-6,11-12H,7-10H2,1-2H3. The maximum Gasteiger partial charge on any atom is 0.272 e. The molecule has 4 heteroatoms. The lowest BCUT2D eigenvalue weighted by Crippen LogP contribution is -2.38. The van der Waals surface area contributed by atoms with Gasteiger partial charge in [0, 0.05) is 18.5 Å². The van der Waals surface area contributed by atoms with Gasteiger partial charge in [-0.1, -0.05) is 13.0 Å². The molecule has 0 bridgehead atoms. The maximum atomic E-state index is 12.5. The molecule has 21 heavy (non-hydrogen) atoms. The molecule has 1 aromatic carbocycles. The first-order valence-corrected chi connectivity index (χ1v) is 7.41. The van der Waals surface area contributed by atoms with Crippen molar-refractivity contribution in [2.45, 2.75) is 19.8 Å². The summed E-state index contributed by atoms with van der Waals surface area (Å²) < 4.78 is 5.20. The molecule has 0 unspecified atom stereocenters. The van der Waals surface area contributed by atoms with Crippen LogP contribution in [0.25, 0.3) is 10.9 Å². The molecule has 1 aliphatic heterocycles. The van der Waals surface area contributed by atoms with Gasteiger partial charge in [0.1, 0.15) is 11.4 Å². The molecule has 0 atom stereocenters. The number of benzene rings is 1. The van der Waals surface area contributed by atoms with Gasteiger partial charge >= 0.3 is 0 Å². The second kappa shape index (κ2) is 5.72. The van der Waals surface area contributed by atoms with Crippen molar-refractivity contribution in [1.29, 1.82) is 0 Å². The summed E-state index contributed by atoms with van der Waals surface area (Å²) >= 11 is 0. The summed E-state index contributed by atoms with van der Waals surface area (Å²) in [5, 5.41) is 0.984. The van der Waals surface area contributed by atoms with E-state index in [1.54, 1.807) is 7.11 Å². The fourth-order valence-corrected chi connectivity index (χ4v) is 2.72. The summed E-state index contributed by atoms with van der Waals surface area (Å²) in [5.74, 6) is 1.55. The van der Waals surface area contributed by atoms with Crippen molar-refractivity contribution < 1.29 is 9.53 Å². The monoisotopic (exact) mass is 284 g/mol. The topological polar surface area (TPSA) is 42.4 Å². The van der Waals surface area contributed by atoms with Gasteiger partial charge < -0.3 is 9.64 Å². The van der Waals surface area contributed by atoms with E-state index in [1.165, 1.54) is 0 Å². The van der Waals surface area contributed by atoms with Crippen molar-refractivity contribution >= 4 is 16.8 Å². The first kappa shape index (κ1) is 13.9. The Morgan fingerprint density at radius 1 is 1.24 bits per heavy atom. The average molecular weight is 284 g/mol. The zero-order valence-electron chi connectivity index (χ0n) is 12.5. The number of hydrogen-bond acceptors (Lipinski definition) is 3. The van der Waals surface area contributed by atoms with Crippen molar-refractivity contribution in [2.24, 2.45) is 5.92 Å². The Hall–Kier alpha value is -2.10. The molecule has 0 N–H and O–H groups in total. The number of aromatic nitrogens is 1. The molecule has 0 spiro atoms. The minimum atomic E-state index is 0.0413. The van der Waals surface area contributed by atoms with Crippen molar-refractivity contribution in [3.05, 3.63) is 36.0 Å². The van der Waals surface area contributed by atoms with Crippen LogP contribution in [0.3, 0.4) is 0 Å². The van der Waals surface area contributed by atoms with Gasteiger partial charge in [0.15, 0.2) is 0 Å². The number of fused-ring (bicyclic) bond motifs is 1. The number of amides is 1. The number of pyridine rings is 1. The van der Waals surface area contributed by atoms with Gasteiger partial charge in [-0.2, -0.15) is 0 Å². The van der Waals surface area contributed by atoms with E-state index in [0.29, 0.717) is 11.6 Å². The predicted octanol–water partition coefficient (Wildman–Crippen LogP) is 3.12. The summed E-state index contributed by atoms with van der Waals surface area (Å²) in [6.45, 7) is 3.91. The van der Waals surface area contributed by atoms with Gasteiger partial charge in [-0.15, -0.1) is 0 Å². The Morgan fingerprint density at radius 2 is 2.00 bits per heavy atom. The SMILES string of the molecule is COc1ccc2nc(C(=O)N3CCC(C)CC3)ccc2c1. The fraction of sp³-hybridized carbons (Fsp3) is 0.412. The Balaban J connectivity index is 1.85. The lowest BCUT2D eigenvalue weighted by atomic mass is 9.99. The molecule has 1 amide bonds. The summed E-state index contributed by atoms with van der Waals surface area (Å²) in [7, 11) is 1.64. The lowest BCUT2D eigenvalue weighted by Gasteiger charge is -2.30. The van der Waals surface area contributed by atoms with Gasteiger partial charge in [-0.25, -0.2) is 4.98 Å². The van der Waals surface area contributed by atoms with E-state index in [1.807, 2.05) is 35.2 Å². The zero-order valence-corrected chi connectivity index (χ0v) is 12.5. The number of rotatable bonds is 2. The molecule has 2 aromatic rings. The van der Waals surface area contributed by atoms with Crippen LogP contribution in [-0.4, -0.2) is 36.0 Å². The molecule has 1 saturated heterocycles. The number of piperidine rings is 1. The molecule has 1 aliphatic rings. The Labute approximate surface area is 124 Å². The van der Waals surface area contributed by atoms with E-state index < -0.39 is 0 Å². The summed E-state index contributed by atoms with van der Waals surface area (Å²) in [6, 6.07) is 9.43. The summed E-state index contributed by atoms with van der Waals surface area (Å²) in [5.41, 5.74) is 1.36. The van der Waals surface area contributed by atoms with Crippen molar-refractivity contribution in [1.82, 2.24) is 9.88 Å². The van der Waals surface area contributed by atoms with Gasteiger partial charge in [0.2, 0.25) is 0 Å². The van der Waals surface area contributed by atoms with Crippen LogP contribution in [-0.2, 0) is 0 Å². The fourth-order valence-electron chi connectivity index (χ4n) is 2.72. The molecule has 110 valence electrons. The van der Waals surface area contributed by atoms with Crippen LogP contribution in [0.5, 0.6) is 5.75 Å². The van der Waals surface area contributed by atoms with Crippen LogP contribution in [0.1, 0.15) is 30.3 Å². The quantitative estimate of drug-likeness (QED) is 0.851. The minimum absolute atomic E-state index is 0.0413. The summed E-state index contributed by atoms with van der Waals surface area (Å²) in [6.07, 6.45) is 2.16. The average Bonchev–Trinajstić information content (AvgIpc) is 2.54. The largest absolute Gasteiger partial charge is 0.497 e. The third-order valence-corrected chi connectivity index (χ3v) is 4.19. The second-order valence-corrected chi connectivity index (χ2v) is 5.73.